The first-order valence-corrected chi connectivity index (χ1v) is 2.87. The van der Waals surface area contributed by atoms with Crippen molar-refractivity contribution in [3.05, 3.63) is 0 Å². The van der Waals surface area contributed by atoms with Gasteiger partial charge in [0, 0.05) is 26.1 Å². The van der Waals surface area contributed by atoms with Crippen LogP contribution in [-0.2, 0) is 4.79 Å². The van der Waals surface area contributed by atoms with Crippen LogP contribution >= 0.6 is 24.8 Å². The number of carbonyl (C=O) groups is 1. The molecule has 3 nitrogen and oxygen atoms in total. The van der Waals surface area contributed by atoms with Gasteiger partial charge in [-0.15, -0.1) is 24.8 Å². The van der Waals surface area contributed by atoms with E-state index in [9.17, 15) is 4.79 Å². The van der Waals surface area contributed by atoms with Crippen molar-refractivity contribution in [3.8, 4) is 0 Å². The SMILES string of the molecule is Cl.Cl.O=C1CCNCCN1. The van der Waals surface area contributed by atoms with Crippen molar-refractivity contribution in [1.29, 1.82) is 0 Å². The number of amides is 1. The summed E-state index contributed by atoms with van der Waals surface area (Å²) in [5.74, 6) is 0.162. The van der Waals surface area contributed by atoms with Crippen LogP contribution < -0.4 is 10.6 Å². The summed E-state index contributed by atoms with van der Waals surface area (Å²) < 4.78 is 0. The van der Waals surface area contributed by atoms with Gasteiger partial charge >= 0.3 is 0 Å². The van der Waals surface area contributed by atoms with Crippen LogP contribution in [-0.4, -0.2) is 25.5 Å². The average molecular weight is 187 g/mol. The van der Waals surface area contributed by atoms with Crippen molar-refractivity contribution in [2.45, 2.75) is 6.42 Å². The second-order valence-corrected chi connectivity index (χ2v) is 1.85. The predicted octanol–water partition coefficient (Wildman–Crippen LogP) is -0.0605. The zero-order valence-corrected chi connectivity index (χ0v) is 7.19. The van der Waals surface area contributed by atoms with E-state index >= 15 is 0 Å². The lowest BCUT2D eigenvalue weighted by Crippen LogP contribution is -2.24. The normalized spacial score (nSPS) is 17.4. The molecule has 5 heteroatoms. The summed E-state index contributed by atoms with van der Waals surface area (Å²) in [4.78, 5) is 10.5. The number of hydrogen-bond donors (Lipinski definition) is 2. The highest BCUT2D eigenvalue weighted by molar-refractivity contribution is 5.85. The molecule has 62 valence electrons. The molecule has 0 spiro atoms. The lowest BCUT2D eigenvalue weighted by atomic mass is 10.4. The van der Waals surface area contributed by atoms with Crippen LogP contribution in [0.3, 0.4) is 0 Å². The highest BCUT2D eigenvalue weighted by Gasteiger charge is 2.02. The summed E-state index contributed by atoms with van der Waals surface area (Å²) >= 11 is 0. The van der Waals surface area contributed by atoms with Crippen LogP contribution in [0.5, 0.6) is 0 Å². The van der Waals surface area contributed by atoms with Crippen LogP contribution in [0.1, 0.15) is 6.42 Å². The van der Waals surface area contributed by atoms with E-state index in [1.807, 2.05) is 0 Å². The molecule has 1 saturated heterocycles. The van der Waals surface area contributed by atoms with Crippen molar-refractivity contribution >= 4 is 30.7 Å². The molecule has 0 unspecified atom stereocenters. The van der Waals surface area contributed by atoms with Gasteiger partial charge in [0.15, 0.2) is 0 Å². The molecule has 10 heavy (non-hydrogen) atoms. The molecule has 0 saturated carbocycles. The van der Waals surface area contributed by atoms with Crippen LogP contribution in [0.15, 0.2) is 0 Å². The second-order valence-electron chi connectivity index (χ2n) is 1.85. The predicted molar refractivity (Wildman–Crippen MR) is 45.0 cm³/mol. The Morgan fingerprint density at radius 3 is 2.50 bits per heavy atom. The fourth-order valence-electron chi connectivity index (χ4n) is 0.706. The molecule has 1 aliphatic heterocycles. The van der Waals surface area contributed by atoms with Gasteiger partial charge in [-0.1, -0.05) is 0 Å². The van der Waals surface area contributed by atoms with Crippen molar-refractivity contribution in [1.82, 2.24) is 10.6 Å². The minimum absolute atomic E-state index is 0. The van der Waals surface area contributed by atoms with Crippen LogP contribution in [0.2, 0.25) is 0 Å². The third-order valence-corrected chi connectivity index (χ3v) is 1.15. The summed E-state index contributed by atoms with van der Waals surface area (Å²) in [5.41, 5.74) is 0. The Bertz CT molecular complexity index is 89.6. The van der Waals surface area contributed by atoms with Crippen LogP contribution in [0.25, 0.3) is 0 Å². The maximum atomic E-state index is 10.5. The quantitative estimate of drug-likeness (QED) is 0.557. The summed E-state index contributed by atoms with van der Waals surface area (Å²) in [5, 5.41) is 5.84. The molecule has 1 rings (SSSR count). The van der Waals surface area contributed by atoms with E-state index in [-0.39, 0.29) is 30.7 Å². The van der Waals surface area contributed by atoms with E-state index in [2.05, 4.69) is 10.6 Å². The van der Waals surface area contributed by atoms with Crippen molar-refractivity contribution in [2.75, 3.05) is 19.6 Å². The molecule has 0 aromatic rings. The number of halogens is 2. The lowest BCUT2D eigenvalue weighted by Gasteiger charge is -1.93. The Labute approximate surface area is 72.8 Å². The van der Waals surface area contributed by atoms with Gasteiger partial charge in [-0.3, -0.25) is 4.79 Å². The van der Waals surface area contributed by atoms with E-state index in [0.717, 1.165) is 19.6 Å². The molecular weight excluding hydrogens is 175 g/mol. The van der Waals surface area contributed by atoms with Crippen molar-refractivity contribution in [3.63, 3.8) is 0 Å². The Hall–Kier alpha value is 0.01000. The zero-order valence-electron chi connectivity index (χ0n) is 5.55. The first-order chi connectivity index (χ1) is 3.89. The number of hydrogen-bond acceptors (Lipinski definition) is 2. The minimum Gasteiger partial charge on any atom is -0.355 e. The molecular formula is C5H12Cl2N2O. The van der Waals surface area contributed by atoms with Gasteiger partial charge in [0.2, 0.25) is 5.91 Å². The molecule has 0 aliphatic carbocycles. The molecule has 1 aliphatic rings. The lowest BCUT2D eigenvalue weighted by molar-refractivity contribution is -0.120. The van der Waals surface area contributed by atoms with Gasteiger partial charge in [-0.05, 0) is 0 Å². The summed E-state index contributed by atoms with van der Waals surface area (Å²) in [6.07, 6.45) is 0.625. The Morgan fingerprint density at radius 1 is 1.10 bits per heavy atom. The molecule has 0 bridgehead atoms. The molecule has 0 aromatic heterocycles. The van der Waals surface area contributed by atoms with Gasteiger partial charge in [-0.25, -0.2) is 0 Å². The number of carbonyl (C=O) groups excluding carboxylic acids is 1. The Morgan fingerprint density at radius 2 is 1.80 bits per heavy atom. The van der Waals surface area contributed by atoms with E-state index in [0.29, 0.717) is 6.42 Å². The van der Waals surface area contributed by atoms with Gasteiger partial charge in [0.05, 0.1) is 0 Å². The topological polar surface area (TPSA) is 41.1 Å². The van der Waals surface area contributed by atoms with Gasteiger partial charge in [-0.2, -0.15) is 0 Å². The highest BCUT2D eigenvalue weighted by Crippen LogP contribution is 1.79. The molecule has 1 amide bonds. The molecule has 0 radical (unpaired) electrons. The van der Waals surface area contributed by atoms with Crippen molar-refractivity contribution < 1.29 is 4.79 Å². The van der Waals surface area contributed by atoms with E-state index in [1.54, 1.807) is 0 Å². The molecule has 1 heterocycles. The third-order valence-electron chi connectivity index (χ3n) is 1.15. The monoisotopic (exact) mass is 186 g/mol. The minimum atomic E-state index is 0. The van der Waals surface area contributed by atoms with E-state index in [1.165, 1.54) is 0 Å². The highest BCUT2D eigenvalue weighted by atomic mass is 35.5. The fraction of sp³-hybridized carbons (Fsp3) is 0.800. The number of rotatable bonds is 0. The molecule has 0 aromatic carbocycles. The number of nitrogens with one attached hydrogen (secondary N) is 2. The third kappa shape index (κ3) is 4.85. The molecule has 0 atom stereocenters. The Kier molecular flexibility index (Phi) is 9.02. The summed E-state index contributed by atoms with van der Waals surface area (Å²) in [6, 6.07) is 0. The standard InChI is InChI=1S/C5H10N2O.2ClH/c8-5-1-2-6-3-4-7-5;;/h6H,1-4H2,(H,7,8);2*1H. The molecule has 1 fully saturated rings. The van der Waals surface area contributed by atoms with Gasteiger partial charge in [0.25, 0.3) is 0 Å². The maximum absolute atomic E-state index is 10.5. The second kappa shape index (κ2) is 7.12. The first-order valence-electron chi connectivity index (χ1n) is 2.87. The largest absolute Gasteiger partial charge is 0.355 e. The maximum Gasteiger partial charge on any atom is 0.221 e. The van der Waals surface area contributed by atoms with E-state index < -0.39 is 0 Å². The summed E-state index contributed by atoms with van der Waals surface area (Å²) in [6.45, 7) is 2.51. The van der Waals surface area contributed by atoms with Crippen LogP contribution in [0, 0.1) is 0 Å². The average Bonchev–Trinajstić information content (AvgIpc) is 1.94. The van der Waals surface area contributed by atoms with Gasteiger partial charge < -0.3 is 10.6 Å². The van der Waals surface area contributed by atoms with Crippen LogP contribution in [0.4, 0.5) is 0 Å². The van der Waals surface area contributed by atoms with Gasteiger partial charge in [0.1, 0.15) is 0 Å². The summed E-state index contributed by atoms with van der Waals surface area (Å²) in [7, 11) is 0. The fourth-order valence-corrected chi connectivity index (χ4v) is 0.706. The first kappa shape index (κ1) is 12.7. The smallest absolute Gasteiger partial charge is 0.221 e. The Balaban J connectivity index is 0. The van der Waals surface area contributed by atoms with Crippen molar-refractivity contribution in [2.24, 2.45) is 0 Å². The van der Waals surface area contributed by atoms with E-state index in [4.69, 9.17) is 0 Å². The zero-order chi connectivity index (χ0) is 5.82. The molecule has 2 N–H and O–H groups in total.